The van der Waals surface area contributed by atoms with E-state index in [2.05, 4.69) is 9.97 Å². The summed E-state index contributed by atoms with van der Waals surface area (Å²) in [6, 6.07) is 5.30. The summed E-state index contributed by atoms with van der Waals surface area (Å²) in [4.78, 5) is 8.19. The average molecular weight is 254 g/mol. The second kappa shape index (κ2) is 4.28. The number of anilines is 1. The Morgan fingerprint density at radius 2 is 1.94 bits per heavy atom. The average Bonchev–Trinajstić information content (AvgIpc) is 2.22. The van der Waals surface area contributed by atoms with Crippen molar-refractivity contribution in [3.8, 4) is 11.1 Å². The molecule has 5 heteroatoms. The molecule has 2 aromatic rings. The smallest absolute Gasteiger partial charge is 0.135 e. The van der Waals surface area contributed by atoms with Crippen LogP contribution in [0.15, 0.2) is 24.4 Å². The van der Waals surface area contributed by atoms with Crippen LogP contribution in [0.2, 0.25) is 10.0 Å². The molecule has 0 unspecified atom stereocenters. The van der Waals surface area contributed by atoms with Crippen LogP contribution in [0.5, 0.6) is 0 Å². The summed E-state index contributed by atoms with van der Waals surface area (Å²) in [5.41, 5.74) is 7.42. The number of nitrogen functional groups attached to an aromatic ring is 1. The van der Waals surface area contributed by atoms with Crippen LogP contribution in [-0.2, 0) is 0 Å². The van der Waals surface area contributed by atoms with Gasteiger partial charge in [-0.05, 0) is 24.6 Å². The normalized spacial score (nSPS) is 10.4. The van der Waals surface area contributed by atoms with Gasteiger partial charge in [0.1, 0.15) is 11.6 Å². The van der Waals surface area contributed by atoms with E-state index in [4.69, 9.17) is 28.9 Å². The minimum atomic E-state index is 0.436. The SMILES string of the molecule is Cc1ncc(-c2ccc(Cl)c(Cl)c2)c(N)n1. The Morgan fingerprint density at radius 1 is 1.19 bits per heavy atom. The second-order valence-corrected chi connectivity index (χ2v) is 4.16. The van der Waals surface area contributed by atoms with E-state index in [1.807, 2.05) is 6.07 Å². The van der Waals surface area contributed by atoms with Crippen LogP contribution in [0.25, 0.3) is 11.1 Å². The number of benzene rings is 1. The molecule has 0 saturated heterocycles. The molecule has 0 fully saturated rings. The molecular formula is C11H9Cl2N3. The number of halogens is 2. The molecule has 2 rings (SSSR count). The van der Waals surface area contributed by atoms with Crippen molar-refractivity contribution in [1.29, 1.82) is 0 Å². The third-order valence-electron chi connectivity index (χ3n) is 2.17. The highest BCUT2D eigenvalue weighted by Crippen LogP contribution is 2.30. The minimum Gasteiger partial charge on any atom is -0.383 e. The maximum Gasteiger partial charge on any atom is 0.135 e. The molecule has 1 aromatic heterocycles. The van der Waals surface area contributed by atoms with Gasteiger partial charge in [0.05, 0.1) is 10.0 Å². The number of aryl methyl sites for hydroxylation is 1. The first kappa shape index (κ1) is 11.2. The molecule has 3 nitrogen and oxygen atoms in total. The lowest BCUT2D eigenvalue weighted by atomic mass is 10.1. The van der Waals surface area contributed by atoms with Crippen molar-refractivity contribution < 1.29 is 0 Å². The van der Waals surface area contributed by atoms with Gasteiger partial charge in [0.2, 0.25) is 0 Å². The van der Waals surface area contributed by atoms with Gasteiger partial charge in [0, 0.05) is 11.8 Å². The molecule has 1 aromatic carbocycles. The van der Waals surface area contributed by atoms with Gasteiger partial charge in [-0.15, -0.1) is 0 Å². The van der Waals surface area contributed by atoms with Gasteiger partial charge in [-0.3, -0.25) is 0 Å². The summed E-state index contributed by atoms with van der Waals surface area (Å²) in [6.45, 7) is 1.79. The summed E-state index contributed by atoms with van der Waals surface area (Å²) in [6.07, 6.45) is 1.68. The predicted molar refractivity (Wildman–Crippen MR) is 66.6 cm³/mol. The molecular weight excluding hydrogens is 245 g/mol. The van der Waals surface area contributed by atoms with Crippen LogP contribution in [0.1, 0.15) is 5.82 Å². The lowest BCUT2D eigenvalue weighted by Gasteiger charge is -2.06. The van der Waals surface area contributed by atoms with Crippen LogP contribution >= 0.6 is 23.2 Å². The fraction of sp³-hybridized carbons (Fsp3) is 0.0909. The van der Waals surface area contributed by atoms with Gasteiger partial charge < -0.3 is 5.73 Å². The molecule has 0 spiro atoms. The number of hydrogen-bond acceptors (Lipinski definition) is 3. The fourth-order valence-electron chi connectivity index (χ4n) is 1.37. The largest absolute Gasteiger partial charge is 0.383 e. The Morgan fingerprint density at radius 3 is 2.56 bits per heavy atom. The van der Waals surface area contributed by atoms with Crippen molar-refractivity contribution >= 4 is 29.0 Å². The zero-order chi connectivity index (χ0) is 11.7. The van der Waals surface area contributed by atoms with Gasteiger partial charge in [0.25, 0.3) is 0 Å². The highest BCUT2D eigenvalue weighted by Gasteiger charge is 2.07. The molecule has 0 amide bonds. The van der Waals surface area contributed by atoms with Gasteiger partial charge in [-0.1, -0.05) is 29.3 Å². The van der Waals surface area contributed by atoms with Crippen LogP contribution in [0, 0.1) is 6.92 Å². The summed E-state index contributed by atoms with van der Waals surface area (Å²) in [5.74, 6) is 1.08. The van der Waals surface area contributed by atoms with E-state index in [0.29, 0.717) is 21.7 Å². The van der Waals surface area contributed by atoms with E-state index in [-0.39, 0.29) is 0 Å². The lowest BCUT2D eigenvalue weighted by Crippen LogP contribution is -1.98. The zero-order valence-electron chi connectivity index (χ0n) is 8.54. The first-order chi connectivity index (χ1) is 7.58. The van der Waals surface area contributed by atoms with E-state index in [9.17, 15) is 0 Å². The van der Waals surface area contributed by atoms with Crippen molar-refractivity contribution in [2.75, 3.05) is 5.73 Å². The Balaban J connectivity index is 2.54. The lowest BCUT2D eigenvalue weighted by molar-refractivity contribution is 1.06. The molecule has 82 valence electrons. The Hall–Kier alpha value is -1.32. The molecule has 0 bridgehead atoms. The number of nitrogens with two attached hydrogens (primary N) is 1. The highest BCUT2D eigenvalue weighted by atomic mass is 35.5. The third-order valence-corrected chi connectivity index (χ3v) is 2.91. The summed E-state index contributed by atoms with van der Waals surface area (Å²) >= 11 is 11.8. The molecule has 2 N–H and O–H groups in total. The van der Waals surface area contributed by atoms with Gasteiger partial charge in [-0.25, -0.2) is 9.97 Å². The second-order valence-electron chi connectivity index (χ2n) is 3.35. The topological polar surface area (TPSA) is 51.8 Å². The standard InChI is InChI=1S/C11H9Cl2N3/c1-6-15-5-8(11(14)16-6)7-2-3-9(12)10(13)4-7/h2-5H,1H3,(H2,14,15,16). The van der Waals surface area contributed by atoms with E-state index >= 15 is 0 Å². The van der Waals surface area contributed by atoms with E-state index in [1.165, 1.54) is 0 Å². The van der Waals surface area contributed by atoms with Gasteiger partial charge >= 0.3 is 0 Å². The number of rotatable bonds is 1. The Kier molecular flexibility index (Phi) is 2.99. The van der Waals surface area contributed by atoms with Crippen LogP contribution < -0.4 is 5.73 Å². The Labute approximate surface area is 103 Å². The van der Waals surface area contributed by atoms with Gasteiger partial charge in [-0.2, -0.15) is 0 Å². The molecule has 0 atom stereocenters. The first-order valence-corrected chi connectivity index (χ1v) is 5.38. The molecule has 16 heavy (non-hydrogen) atoms. The molecule has 0 saturated carbocycles. The number of nitrogens with zero attached hydrogens (tertiary/aromatic N) is 2. The molecule has 0 aliphatic heterocycles. The first-order valence-electron chi connectivity index (χ1n) is 4.62. The summed E-state index contributed by atoms with van der Waals surface area (Å²) in [5, 5.41) is 0.996. The van der Waals surface area contributed by atoms with Crippen molar-refractivity contribution in [3.05, 3.63) is 40.3 Å². The number of aromatic nitrogens is 2. The highest BCUT2D eigenvalue weighted by molar-refractivity contribution is 6.42. The molecule has 0 aliphatic carbocycles. The van der Waals surface area contributed by atoms with Crippen LogP contribution in [0.3, 0.4) is 0 Å². The maximum atomic E-state index is 5.93. The predicted octanol–water partition coefficient (Wildman–Crippen LogP) is 3.34. The number of hydrogen-bond donors (Lipinski definition) is 1. The van der Waals surface area contributed by atoms with Crippen molar-refractivity contribution in [2.24, 2.45) is 0 Å². The fourth-order valence-corrected chi connectivity index (χ4v) is 1.67. The molecule has 1 heterocycles. The van der Waals surface area contributed by atoms with Gasteiger partial charge in [0.15, 0.2) is 0 Å². The molecule has 0 aliphatic rings. The van der Waals surface area contributed by atoms with Crippen LogP contribution in [0.4, 0.5) is 5.82 Å². The zero-order valence-corrected chi connectivity index (χ0v) is 10.0. The maximum absolute atomic E-state index is 5.93. The third kappa shape index (κ3) is 2.10. The van der Waals surface area contributed by atoms with E-state index < -0.39 is 0 Å². The Bertz CT molecular complexity index is 541. The van der Waals surface area contributed by atoms with Crippen molar-refractivity contribution in [3.63, 3.8) is 0 Å². The molecule has 0 radical (unpaired) electrons. The van der Waals surface area contributed by atoms with E-state index in [1.54, 1.807) is 25.3 Å². The van der Waals surface area contributed by atoms with E-state index in [0.717, 1.165) is 11.1 Å². The quantitative estimate of drug-likeness (QED) is 0.849. The van der Waals surface area contributed by atoms with Crippen LogP contribution in [-0.4, -0.2) is 9.97 Å². The monoisotopic (exact) mass is 253 g/mol. The summed E-state index contributed by atoms with van der Waals surface area (Å²) < 4.78 is 0. The van der Waals surface area contributed by atoms with Crippen molar-refractivity contribution in [2.45, 2.75) is 6.92 Å². The summed E-state index contributed by atoms with van der Waals surface area (Å²) in [7, 11) is 0. The minimum absolute atomic E-state index is 0.436. The van der Waals surface area contributed by atoms with Crippen molar-refractivity contribution in [1.82, 2.24) is 9.97 Å².